The molecule has 0 bridgehead atoms. The number of rotatable bonds is 3. The lowest BCUT2D eigenvalue weighted by Gasteiger charge is -2.28. The van der Waals surface area contributed by atoms with Crippen molar-refractivity contribution in [2.75, 3.05) is 19.6 Å². The Morgan fingerprint density at radius 2 is 2.00 bits per heavy atom. The maximum atomic E-state index is 12.4. The molecule has 2 atom stereocenters. The van der Waals surface area contributed by atoms with Crippen LogP contribution in [-0.4, -0.2) is 41.5 Å². The second kappa shape index (κ2) is 4.61. The Bertz CT molecular complexity index is 335. The molecule has 3 nitrogen and oxygen atoms in total. The number of hydrogen-bond acceptors (Lipinski definition) is 3. The molecular formula is C15H27NO2. The lowest BCUT2D eigenvalue weighted by Crippen LogP contribution is -2.40. The average Bonchev–Trinajstić information content (AvgIpc) is 2.75. The van der Waals surface area contributed by atoms with E-state index in [0.29, 0.717) is 0 Å². The summed E-state index contributed by atoms with van der Waals surface area (Å²) in [7, 11) is 0. The molecule has 0 saturated carbocycles. The fourth-order valence-corrected chi connectivity index (χ4v) is 3.49. The van der Waals surface area contributed by atoms with Crippen molar-refractivity contribution >= 4 is 5.78 Å². The highest BCUT2D eigenvalue weighted by Gasteiger charge is 2.53. The van der Waals surface area contributed by atoms with E-state index in [9.17, 15) is 4.79 Å². The highest BCUT2D eigenvalue weighted by molar-refractivity contribution is 5.91. The molecule has 2 aliphatic rings. The van der Waals surface area contributed by atoms with Crippen LogP contribution in [0.2, 0.25) is 0 Å². The van der Waals surface area contributed by atoms with Crippen molar-refractivity contribution in [3.63, 3.8) is 0 Å². The molecule has 0 radical (unpaired) electrons. The van der Waals surface area contributed by atoms with Gasteiger partial charge in [0.1, 0.15) is 5.60 Å². The molecule has 2 aliphatic heterocycles. The molecule has 0 aliphatic carbocycles. The minimum Gasteiger partial charge on any atom is -0.361 e. The average molecular weight is 253 g/mol. The van der Waals surface area contributed by atoms with Gasteiger partial charge in [-0.25, -0.2) is 0 Å². The Morgan fingerprint density at radius 3 is 2.44 bits per heavy atom. The maximum absolute atomic E-state index is 12.4. The van der Waals surface area contributed by atoms with E-state index in [4.69, 9.17) is 4.74 Å². The maximum Gasteiger partial charge on any atom is 0.171 e. The quantitative estimate of drug-likeness (QED) is 0.774. The first kappa shape index (κ1) is 14.0. The van der Waals surface area contributed by atoms with Crippen LogP contribution in [0, 0.1) is 11.8 Å². The second-order valence-electron chi connectivity index (χ2n) is 6.96. The van der Waals surface area contributed by atoms with Gasteiger partial charge in [-0.2, -0.15) is 0 Å². The van der Waals surface area contributed by atoms with Crippen LogP contribution in [0.15, 0.2) is 0 Å². The van der Waals surface area contributed by atoms with Crippen LogP contribution in [0.4, 0.5) is 0 Å². The smallest absolute Gasteiger partial charge is 0.171 e. The predicted octanol–water partition coefficient (Wildman–Crippen LogP) is 2.49. The first-order chi connectivity index (χ1) is 8.26. The largest absolute Gasteiger partial charge is 0.361 e. The summed E-state index contributed by atoms with van der Waals surface area (Å²) < 4.78 is 5.95. The minimum absolute atomic E-state index is 0.0168. The van der Waals surface area contributed by atoms with E-state index in [1.165, 1.54) is 12.8 Å². The van der Waals surface area contributed by atoms with Crippen LogP contribution in [0.1, 0.15) is 47.5 Å². The molecule has 2 fully saturated rings. The number of hydrogen-bond donors (Lipinski definition) is 0. The lowest BCUT2D eigenvalue weighted by molar-refractivity contribution is -0.132. The number of Topliss-reactive ketones (excluding diaryl/α,β-unsaturated/α-hetero) is 1. The molecule has 0 amide bonds. The van der Waals surface area contributed by atoms with Gasteiger partial charge in [0.25, 0.3) is 0 Å². The predicted molar refractivity (Wildman–Crippen MR) is 72.6 cm³/mol. The van der Waals surface area contributed by atoms with Crippen molar-refractivity contribution in [2.45, 2.75) is 58.7 Å². The van der Waals surface area contributed by atoms with E-state index in [-0.39, 0.29) is 17.3 Å². The molecule has 3 heteroatoms. The first-order valence-electron chi connectivity index (χ1n) is 7.23. The van der Waals surface area contributed by atoms with Gasteiger partial charge in [0.15, 0.2) is 5.78 Å². The summed E-state index contributed by atoms with van der Waals surface area (Å²) in [6.45, 7) is 13.3. The molecule has 2 saturated heterocycles. The second-order valence-corrected chi connectivity index (χ2v) is 6.96. The Kier molecular flexibility index (Phi) is 3.58. The van der Waals surface area contributed by atoms with Gasteiger partial charge < -0.3 is 9.64 Å². The third-order valence-corrected chi connectivity index (χ3v) is 4.66. The van der Waals surface area contributed by atoms with Crippen LogP contribution in [0.3, 0.4) is 0 Å². The number of carbonyl (C=O) groups is 1. The van der Waals surface area contributed by atoms with Gasteiger partial charge in [0.05, 0.1) is 11.5 Å². The molecule has 2 heterocycles. The normalized spacial score (nSPS) is 35.3. The Balaban J connectivity index is 2.03. The van der Waals surface area contributed by atoms with Crippen molar-refractivity contribution in [1.82, 2.24) is 4.90 Å². The van der Waals surface area contributed by atoms with E-state index >= 15 is 0 Å². The lowest BCUT2D eigenvalue weighted by atomic mass is 9.85. The van der Waals surface area contributed by atoms with E-state index in [1.807, 2.05) is 13.8 Å². The molecule has 0 aromatic heterocycles. The topological polar surface area (TPSA) is 29.5 Å². The van der Waals surface area contributed by atoms with E-state index < -0.39 is 5.60 Å². The van der Waals surface area contributed by atoms with Crippen molar-refractivity contribution in [2.24, 2.45) is 11.8 Å². The summed E-state index contributed by atoms with van der Waals surface area (Å²) in [6, 6.07) is 0. The van der Waals surface area contributed by atoms with Gasteiger partial charge >= 0.3 is 0 Å². The Hall–Kier alpha value is -0.410. The Labute approximate surface area is 111 Å². The number of ether oxygens (including phenoxy) is 1. The molecule has 0 spiro atoms. The molecule has 2 unspecified atom stereocenters. The number of carbonyl (C=O) groups excluding carboxylic acids is 1. The fourth-order valence-electron chi connectivity index (χ4n) is 3.49. The fraction of sp³-hybridized carbons (Fsp3) is 0.933. The number of ketones is 1. The third-order valence-electron chi connectivity index (χ3n) is 4.66. The van der Waals surface area contributed by atoms with Crippen molar-refractivity contribution in [3.8, 4) is 0 Å². The van der Waals surface area contributed by atoms with E-state index in [1.54, 1.807) is 0 Å². The zero-order valence-corrected chi connectivity index (χ0v) is 12.5. The highest BCUT2D eigenvalue weighted by atomic mass is 16.5. The third kappa shape index (κ3) is 2.48. The van der Waals surface area contributed by atoms with Crippen LogP contribution >= 0.6 is 0 Å². The van der Waals surface area contributed by atoms with Gasteiger partial charge in [0.2, 0.25) is 0 Å². The van der Waals surface area contributed by atoms with Gasteiger partial charge in [0, 0.05) is 13.1 Å². The molecule has 0 N–H and O–H groups in total. The monoisotopic (exact) mass is 253 g/mol. The van der Waals surface area contributed by atoms with Crippen molar-refractivity contribution in [3.05, 3.63) is 0 Å². The van der Waals surface area contributed by atoms with Crippen molar-refractivity contribution < 1.29 is 9.53 Å². The SMILES string of the molecule is CCC1CCN(CC2C(=O)C(C)(C)OC2(C)C)C1. The molecule has 0 aromatic rings. The van der Waals surface area contributed by atoms with Crippen LogP contribution in [0.5, 0.6) is 0 Å². The summed E-state index contributed by atoms with van der Waals surface area (Å²) in [4.78, 5) is 14.9. The van der Waals surface area contributed by atoms with Gasteiger partial charge in [-0.1, -0.05) is 13.3 Å². The van der Waals surface area contributed by atoms with E-state index in [0.717, 1.165) is 25.6 Å². The van der Waals surface area contributed by atoms with Crippen LogP contribution in [0.25, 0.3) is 0 Å². The highest BCUT2D eigenvalue weighted by Crippen LogP contribution is 2.40. The minimum atomic E-state index is -0.613. The summed E-state index contributed by atoms with van der Waals surface area (Å²) in [5, 5.41) is 0. The summed E-state index contributed by atoms with van der Waals surface area (Å²) >= 11 is 0. The summed E-state index contributed by atoms with van der Waals surface area (Å²) in [5.74, 6) is 1.11. The summed E-state index contributed by atoms with van der Waals surface area (Å²) in [6.07, 6.45) is 2.53. The summed E-state index contributed by atoms with van der Waals surface area (Å²) in [5.41, 5.74) is -0.942. The van der Waals surface area contributed by atoms with Crippen LogP contribution in [-0.2, 0) is 9.53 Å². The van der Waals surface area contributed by atoms with Crippen LogP contribution < -0.4 is 0 Å². The molecule has 18 heavy (non-hydrogen) atoms. The van der Waals surface area contributed by atoms with Crippen molar-refractivity contribution in [1.29, 1.82) is 0 Å². The number of likely N-dealkylation sites (tertiary alicyclic amines) is 1. The van der Waals surface area contributed by atoms with Gasteiger partial charge in [-0.05, 0) is 46.6 Å². The standard InChI is InChI=1S/C15H27NO2/c1-6-11-7-8-16(9-11)10-12-13(17)15(4,5)18-14(12,2)3/h11-12H,6-10H2,1-5H3. The van der Waals surface area contributed by atoms with Gasteiger partial charge in [-0.15, -0.1) is 0 Å². The molecular weight excluding hydrogens is 226 g/mol. The first-order valence-corrected chi connectivity index (χ1v) is 7.23. The zero-order chi connectivity index (χ0) is 13.6. The molecule has 0 aromatic carbocycles. The molecule has 104 valence electrons. The van der Waals surface area contributed by atoms with E-state index in [2.05, 4.69) is 25.7 Å². The molecule has 2 rings (SSSR count). The zero-order valence-electron chi connectivity index (χ0n) is 12.5. The number of nitrogens with zero attached hydrogens (tertiary/aromatic N) is 1. The van der Waals surface area contributed by atoms with Gasteiger partial charge in [-0.3, -0.25) is 4.79 Å². The Morgan fingerprint density at radius 1 is 1.33 bits per heavy atom.